The summed E-state index contributed by atoms with van der Waals surface area (Å²) < 4.78 is 8.01. The molecule has 0 aliphatic carbocycles. The number of hydrogen-bond acceptors (Lipinski definition) is 3. The quantitative estimate of drug-likeness (QED) is 0.585. The monoisotopic (exact) mass is 394 g/mol. The Hall–Kier alpha value is -2.40. The third-order valence-electron chi connectivity index (χ3n) is 5.57. The third-order valence-corrected chi connectivity index (χ3v) is 6.85. The van der Waals surface area contributed by atoms with Crippen molar-refractivity contribution in [2.45, 2.75) is 37.5 Å². The predicted octanol–water partition coefficient (Wildman–Crippen LogP) is 5.35. The molecule has 0 N–H and O–H groups in total. The first kappa shape index (κ1) is 18.9. The van der Waals surface area contributed by atoms with Crippen molar-refractivity contribution in [1.82, 2.24) is 9.47 Å². The van der Waals surface area contributed by atoms with Crippen molar-refractivity contribution in [3.63, 3.8) is 0 Å². The molecule has 0 saturated carbocycles. The summed E-state index contributed by atoms with van der Waals surface area (Å²) in [6.07, 6.45) is 0. The minimum Gasteiger partial charge on any atom is -0.495 e. The number of nitrogens with zero attached hydrogens (tertiary/aromatic N) is 2. The number of methoxy groups -OCH3 is 1. The Labute approximate surface area is 170 Å². The minimum atomic E-state index is -0.243. The van der Waals surface area contributed by atoms with Gasteiger partial charge in [-0.3, -0.25) is 4.79 Å². The second kappa shape index (κ2) is 7.55. The van der Waals surface area contributed by atoms with Gasteiger partial charge in [0.05, 0.1) is 18.3 Å². The number of rotatable bonds is 5. The number of carbonyl (C=O) groups excluding carboxylic acids is 1. The summed E-state index contributed by atoms with van der Waals surface area (Å²) in [7, 11) is 1.71. The molecule has 0 spiro atoms. The van der Waals surface area contributed by atoms with Crippen LogP contribution in [0.1, 0.15) is 31.6 Å². The molecule has 0 bridgehead atoms. The number of para-hydroxylation sites is 1. The number of carbonyl (C=O) groups is 1. The lowest BCUT2D eigenvalue weighted by atomic mass is 10.0. The topological polar surface area (TPSA) is 34.5 Å². The smallest absolute Gasteiger partial charge is 0.240 e. The van der Waals surface area contributed by atoms with Gasteiger partial charge in [0.2, 0.25) is 5.91 Å². The predicted molar refractivity (Wildman–Crippen MR) is 116 cm³/mol. The fraction of sp³-hybridized carbons (Fsp3) is 0.348. The molecule has 2 aromatic carbocycles. The summed E-state index contributed by atoms with van der Waals surface area (Å²) in [5.41, 5.74) is 4.55. The van der Waals surface area contributed by atoms with Crippen molar-refractivity contribution in [2.24, 2.45) is 0 Å². The average molecular weight is 395 g/mol. The highest BCUT2D eigenvalue weighted by molar-refractivity contribution is 8.00. The molecule has 146 valence electrons. The van der Waals surface area contributed by atoms with Crippen LogP contribution in [0.15, 0.2) is 47.4 Å². The zero-order chi connectivity index (χ0) is 19.8. The molecule has 1 atom stereocenters. The highest BCUT2D eigenvalue weighted by Crippen LogP contribution is 2.54. The average Bonchev–Trinajstić information content (AvgIpc) is 3.08. The highest BCUT2D eigenvalue weighted by Gasteiger charge is 2.37. The first-order chi connectivity index (χ1) is 13.7. The highest BCUT2D eigenvalue weighted by atomic mass is 32.2. The van der Waals surface area contributed by atoms with Crippen molar-refractivity contribution < 1.29 is 9.53 Å². The molecule has 4 nitrogen and oxygen atoms in total. The SMILES string of the molecule is CCN(CC)C(=O)C1Sc2ccccc2-c2c1c1cccc(OC)c1n2CC. The molecule has 1 amide bonds. The van der Waals surface area contributed by atoms with E-state index in [1.165, 1.54) is 5.56 Å². The molecule has 2 heterocycles. The van der Waals surface area contributed by atoms with Crippen LogP contribution in [-0.2, 0) is 11.3 Å². The lowest BCUT2D eigenvalue weighted by Crippen LogP contribution is -2.34. The van der Waals surface area contributed by atoms with Crippen molar-refractivity contribution in [3.8, 4) is 17.0 Å². The van der Waals surface area contributed by atoms with E-state index in [2.05, 4.69) is 41.8 Å². The van der Waals surface area contributed by atoms with Crippen LogP contribution in [0.2, 0.25) is 0 Å². The molecule has 28 heavy (non-hydrogen) atoms. The van der Waals surface area contributed by atoms with Gasteiger partial charge in [-0.15, -0.1) is 11.8 Å². The van der Waals surface area contributed by atoms with E-state index in [-0.39, 0.29) is 11.2 Å². The van der Waals surface area contributed by atoms with E-state index in [0.717, 1.165) is 52.4 Å². The number of aryl methyl sites for hydroxylation is 1. The van der Waals surface area contributed by atoms with Crippen LogP contribution < -0.4 is 4.74 Å². The lowest BCUT2D eigenvalue weighted by Gasteiger charge is -2.29. The summed E-state index contributed by atoms with van der Waals surface area (Å²) >= 11 is 1.67. The Morgan fingerprint density at radius 2 is 1.86 bits per heavy atom. The van der Waals surface area contributed by atoms with E-state index in [0.29, 0.717) is 0 Å². The molecule has 5 heteroatoms. The number of thioether (sulfide) groups is 1. The van der Waals surface area contributed by atoms with Crippen LogP contribution in [0.4, 0.5) is 0 Å². The van der Waals surface area contributed by atoms with Crippen LogP contribution in [-0.4, -0.2) is 35.6 Å². The zero-order valence-corrected chi connectivity index (χ0v) is 17.7. The van der Waals surface area contributed by atoms with Crippen molar-refractivity contribution in [1.29, 1.82) is 0 Å². The van der Waals surface area contributed by atoms with E-state index in [1.807, 2.05) is 30.9 Å². The summed E-state index contributed by atoms with van der Waals surface area (Å²) in [6.45, 7) is 8.50. The maximum absolute atomic E-state index is 13.5. The van der Waals surface area contributed by atoms with E-state index < -0.39 is 0 Å². The van der Waals surface area contributed by atoms with Gasteiger partial charge in [-0.05, 0) is 32.9 Å². The van der Waals surface area contributed by atoms with E-state index >= 15 is 0 Å². The lowest BCUT2D eigenvalue weighted by molar-refractivity contribution is -0.130. The first-order valence-corrected chi connectivity index (χ1v) is 10.8. The van der Waals surface area contributed by atoms with Gasteiger partial charge in [-0.2, -0.15) is 0 Å². The molecular formula is C23H26N2O2S. The maximum atomic E-state index is 13.5. The van der Waals surface area contributed by atoms with Crippen LogP contribution in [0, 0.1) is 0 Å². The fourth-order valence-electron chi connectivity index (χ4n) is 4.27. The largest absolute Gasteiger partial charge is 0.495 e. The van der Waals surface area contributed by atoms with Gasteiger partial charge < -0.3 is 14.2 Å². The number of hydrogen-bond donors (Lipinski definition) is 0. The molecule has 0 saturated heterocycles. The van der Waals surface area contributed by atoms with Crippen LogP contribution in [0.5, 0.6) is 5.75 Å². The second-order valence-corrected chi connectivity index (χ2v) is 8.01. The second-order valence-electron chi connectivity index (χ2n) is 6.87. The van der Waals surface area contributed by atoms with Crippen LogP contribution in [0.3, 0.4) is 0 Å². The van der Waals surface area contributed by atoms with Gasteiger partial charge >= 0.3 is 0 Å². The summed E-state index contributed by atoms with van der Waals surface area (Å²) in [5, 5.41) is 0.871. The Morgan fingerprint density at radius 3 is 2.54 bits per heavy atom. The van der Waals surface area contributed by atoms with E-state index in [9.17, 15) is 4.79 Å². The van der Waals surface area contributed by atoms with Gasteiger partial charge in [0.1, 0.15) is 11.0 Å². The minimum absolute atomic E-state index is 0.184. The maximum Gasteiger partial charge on any atom is 0.240 e. The first-order valence-electron chi connectivity index (χ1n) is 9.90. The summed E-state index contributed by atoms with van der Waals surface area (Å²) in [5.74, 6) is 1.04. The zero-order valence-electron chi connectivity index (χ0n) is 16.9. The number of likely N-dealkylation sites (N-methyl/N-ethyl adjacent to an activating group) is 1. The van der Waals surface area contributed by atoms with Gasteiger partial charge in [0.25, 0.3) is 0 Å². The van der Waals surface area contributed by atoms with Gasteiger partial charge in [-0.25, -0.2) is 0 Å². The number of amides is 1. The molecule has 1 aliphatic heterocycles. The molecular weight excluding hydrogens is 368 g/mol. The van der Waals surface area contributed by atoms with Crippen molar-refractivity contribution >= 4 is 28.6 Å². The Balaban J connectivity index is 2.07. The van der Waals surface area contributed by atoms with Gasteiger partial charge in [-0.1, -0.05) is 30.3 Å². The number of ether oxygens (including phenoxy) is 1. The van der Waals surface area contributed by atoms with Gasteiger partial charge in [0.15, 0.2) is 0 Å². The molecule has 4 rings (SSSR count). The van der Waals surface area contributed by atoms with Crippen molar-refractivity contribution in [2.75, 3.05) is 20.2 Å². The molecule has 0 radical (unpaired) electrons. The standard InChI is InChI=1S/C23H26N2O2S/c1-5-24(6-2)23(26)22-19-16-12-10-13-17(27-4)20(16)25(7-3)21(19)15-11-8-9-14-18(15)28-22/h8-14,22H,5-7H2,1-4H3. The summed E-state index contributed by atoms with van der Waals surface area (Å²) in [4.78, 5) is 16.6. The fourth-order valence-corrected chi connectivity index (χ4v) is 5.57. The molecule has 1 unspecified atom stereocenters. The molecule has 3 aromatic rings. The van der Waals surface area contributed by atoms with E-state index in [4.69, 9.17) is 4.74 Å². The van der Waals surface area contributed by atoms with Crippen LogP contribution in [0.25, 0.3) is 22.2 Å². The Morgan fingerprint density at radius 1 is 1.11 bits per heavy atom. The van der Waals surface area contributed by atoms with Gasteiger partial charge in [0, 0.05) is 41.0 Å². The number of fused-ring (bicyclic) bond motifs is 5. The van der Waals surface area contributed by atoms with E-state index in [1.54, 1.807) is 18.9 Å². The Bertz CT molecular complexity index is 1040. The molecule has 1 aliphatic rings. The normalized spacial score (nSPS) is 15.2. The molecule has 0 fully saturated rings. The summed E-state index contributed by atoms with van der Waals surface area (Å²) in [6, 6.07) is 14.6. The number of aromatic nitrogens is 1. The Kier molecular flexibility index (Phi) is 5.11. The van der Waals surface area contributed by atoms with Crippen molar-refractivity contribution in [3.05, 3.63) is 48.0 Å². The molecule has 1 aromatic heterocycles. The third kappa shape index (κ3) is 2.72. The number of benzene rings is 2. The van der Waals surface area contributed by atoms with Crippen LogP contribution >= 0.6 is 11.8 Å².